The summed E-state index contributed by atoms with van der Waals surface area (Å²) < 4.78 is 9.96. The van der Waals surface area contributed by atoms with Gasteiger partial charge in [-0.25, -0.2) is 9.59 Å². The van der Waals surface area contributed by atoms with Gasteiger partial charge in [-0.05, 0) is 34.1 Å². The molecule has 0 aromatic carbocycles. The Bertz CT molecular complexity index is 305. The third kappa shape index (κ3) is 7.70. The Morgan fingerprint density at radius 2 is 1.89 bits per heavy atom. The second kappa shape index (κ2) is 7.74. The zero-order chi connectivity index (χ0) is 14.2. The van der Waals surface area contributed by atoms with Gasteiger partial charge in [-0.1, -0.05) is 19.1 Å². The summed E-state index contributed by atoms with van der Waals surface area (Å²) in [7, 11) is 0. The van der Waals surface area contributed by atoms with Crippen LogP contribution in [0, 0.1) is 0 Å². The number of carbonyl (C=O) groups is 2. The van der Waals surface area contributed by atoms with Crippen LogP contribution in [0.15, 0.2) is 12.2 Å². The fraction of sp³-hybridized carbons (Fsp3) is 0.692. The number of allylic oxidation sites excluding steroid dienone is 1. The highest BCUT2D eigenvalue weighted by Crippen LogP contribution is 2.07. The highest BCUT2D eigenvalue weighted by molar-refractivity contribution is 5.83. The van der Waals surface area contributed by atoms with Gasteiger partial charge in [0.2, 0.25) is 0 Å². The van der Waals surface area contributed by atoms with E-state index >= 15 is 0 Å². The molecule has 5 heteroatoms. The van der Waals surface area contributed by atoms with E-state index in [0.29, 0.717) is 0 Å². The number of alkyl carbamates (subject to hydrolysis) is 1. The third-order valence-electron chi connectivity index (χ3n) is 1.78. The molecule has 0 bridgehead atoms. The van der Waals surface area contributed by atoms with E-state index in [1.807, 2.05) is 6.92 Å². The Morgan fingerprint density at radius 1 is 1.28 bits per heavy atom. The van der Waals surface area contributed by atoms with Crippen molar-refractivity contribution in [3.63, 3.8) is 0 Å². The molecule has 5 nitrogen and oxygen atoms in total. The molecular weight excluding hydrogens is 234 g/mol. The molecule has 0 aliphatic heterocycles. The van der Waals surface area contributed by atoms with E-state index in [4.69, 9.17) is 9.47 Å². The summed E-state index contributed by atoms with van der Waals surface area (Å²) in [5.74, 6) is -0.493. The van der Waals surface area contributed by atoms with E-state index in [-0.39, 0.29) is 6.61 Å². The summed E-state index contributed by atoms with van der Waals surface area (Å²) in [5.41, 5.74) is -0.599. The van der Waals surface area contributed by atoms with E-state index in [0.717, 1.165) is 6.42 Å². The van der Waals surface area contributed by atoms with Crippen LogP contribution < -0.4 is 5.32 Å². The summed E-state index contributed by atoms with van der Waals surface area (Å²) >= 11 is 0. The van der Waals surface area contributed by atoms with Gasteiger partial charge in [-0.2, -0.15) is 0 Å². The fourth-order valence-corrected chi connectivity index (χ4v) is 1.12. The molecule has 0 saturated carbocycles. The molecule has 0 aliphatic rings. The average Bonchev–Trinajstić information content (AvgIpc) is 2.21. The molecule has 0 spiro atoms. The lowest BCUT2D eigenvalue weighted by Crippen LogP contribution is -2.43. The summed E-state index contributed by atoms with van der Waals surface area (Å²) in [6, 6.07) is -0.806. The number of nitrogens with one attached hydrogen (secondary N) is 1. The highest BCUT2D eigenvalue weighted by Gasteiger charge is 2.23. The normalized spacial score (nSPS) is 13.2. The molecule has 0 unspecified atom stereocenters. The van der Waals surface area contributed by atoms with Crippen molar-refractivity contribution in [2.24, 2.45) is 0 Å². The van der Waals surface area contributed by atoms with Crippen molar-refractivity contribution in [2.75, 3.05) is 6.61 Å². The molecule has 1 N–H and O–H groups in total. The molecule has 0 aliphatic carbocycles. The first-order valence-corrected chi connectivity index (χ1v) is 6.13. The first kappa shape index (κ1) is 16.5. The molecule has 0 radical (unpaired) electrons. The van der Waals surface area contributed by atoms with Gasteiger partial charge in [0.05, 0.1) is 6.61 Å². The molecule has 18 heavy (non-hydrogen) atoms. The van der Waals surface area contributed by atoms with E-state index in [9.17, 15) is 9.59 Å². The summed E-state index contributed by atoms with van der Waals surface area (Å²) in [6.45, 7) is 9.19. The van der Waals surface area contributed by atoms with Gasteiger partial charge in [0, 0.05) is 0 Å². The van der Waals surface area contributed by atoms with Crippen LogP contribution in [0.1, 0.15) is 41.0 Å². The number of amides is 1. The molecule has 1 atom stereocenters. The van der Waals surface area contributed by atoms with Gasteiger partial charge < -0.3 is 14.8 Å². The lowest BCUT2D eigenvalue weighted by Gasteiger charge is -2.21. The predicted molar refractivity (Wildman–Crippen MR) is 69.2 cm³/mol. The minimum Gasteiger partial charge on any atom is -0.464 e. The molecule has 104 valence electrons. The van der Waals surface area contributed by atoms with Gasteiger partial charge in [0.15, 0.2) is 0 Å². The Balaban J connectivity index is 4.54. The van der Waals surface area contributed by atoms with Crippen LogP contribution in [0.5, 0.6) is 0 Å². The van der Waals surface area contributed by atoms with E-state index < -0.39 is 23.7 Å². The van der Waals surface area contributed by atoms with Crippen LogP contribution in [0.3, 0.4) is 0 Å². The molecule has 0 heterocycles. The van der Waals surface area contributed by atoms with Gasteiger partial charge in [-0.15, -0.1) is 0 Å². The maximum atomic E-state index is 11.6. The fourth-order valence-electron chi connectivity index (χ4n) is 1.12. The van der Waals surface area contributed by atoms with Crippen molar-refractivity contribution in [3.8, 4) is 0 Å². The predicted octanol–water partition coefficient (Wildman–Crippen LogP) is 2.41. The van der Waals surface area contributed by atoms with Gasteiger partial charge >= 0.3 is 12.1 Å². The molecule has 0 fully saturated rings. The average molecular weight is 257 g/mol. The third-order valence-corrected chi connectivity index (χ3v) is 1.78. The number of ether oxygens (including phenoxy) is 2. The minimum atomic E-state index is -0.806. The van der Waals surface area contributed by atoms with Crippen LogP contribution in [0.4, 0.5) is 4.79 Å². The summed E-state index contributed by atoms with van der Waals surface area (Å²) in [4.78, 5) is 23.2. The number of carbonyl (C=O) groups excluding carboxylic acids is 2. The van der Waals surface area contributed by atoms with E-state index in [1.165, 1.54) is 0 Å². The highest BCUT2D eigenvalue weighted by atomic mass is 16.6. The maximum absolute atomic E-state index is 11.6. The molecule has 0 aromatic heterocycles. The van der Waals surface area contributed by atoms with Crippen LogP contribution >= 0.6 is 0 Å². The zero-order valence-electron chi connectivity index (χ0n) is 11.8. The van der Waals surface area contributed by atoms with Crippen molar-refractivity contribution in [1.82, 2.24) is 5.32 Å². The van der Waals surface area contributed by atoms with Crippen molar-refractivity contribution >= 4 is 12.1 Å². The number of esters is 1. The Labute approximate surface area is 109 Å². The van der Waals surface area contributed by atoms with Crippen molar-refractivity contribution < 1.29 is 19.1 Å². The number of hydrogen-bond acceptors (Lipinski definition) is 4. The lowest BCUT2D eigenvalue weighted by atomic mass is 10.2. The molecule has 0 aromatic rings. The first-order valence-electron chi connectivity index (χ1n) is 6.13. The molecule has 0 saturated heterocycles. The quantitative estimate of drug-likeness (QED) is 0.606. The van der Waals surface area contributed by atoms with Crippen LogP contribution in [0.2, 0.25) is 0 Å². The van der Waals surface area contributed by atoms with Crippen molar-refractivity contribution in [2.45, 2.75) is 52.7 Å². The maximum Gasteiger partial charge on any atom is 0.408 e. The van der Waals surface area contributed by atoms with Crippen LogP contribution in [-0.4, -0.2) is 30.3 Å². The van der Waals surface area contributed by atoms with E-state index in [2.05, 4.69) is 5.32 Å². The first-order chi connectivity index (χ1) is 8.30. The zero-order valence-corrected chi connectivity index (χ0v) is 11.8. The molecular formula is C13H23NO4. The van der Waals surface area contributed by atoms with Crippen LogP contribution in [-0.2, 0) is 14.3 Å². The lowest BCUT2D eigenvalue weighted by molar-refractivity contribution is -0.144. The van der Waals surface area contributed by atoms with Crippen molar-refractivity contribution in [1.29, 1.82) is 0 Å². The van der Waals surface area contributed by atoms with Gasteiger partial charge in [0.1, 0.15) is 11.6 Å². The Kier molecular flexibility index (Phi) is 7.08. The van der Waals surface area contributed by atoms with Crippen molar-refractivity contribution in [3.05, 3.63) is 12.2 Å². The Hall–Kier alpha value is -1.52. The summed E-state index contributed by atoms with van der Waals surface area (Å²) in [5, 5.41) is 2.47. The van der Waals surface area contributed by atoms with Gasteiger partial charge in [0.25, 0.3) is 0 Å². The second-order valence-corrected chi connectivity index (χ2v) is 4.71. The minimum absolute atomic E-state index is 0.269. The number of rotatable bonds is 5. The SMILES string of the molecule is CC/C=C/[C@H](NC(=O)OC(C)(C)C)C(=O)OCC. The number of hydrogen-bond donors (Lipinski definition) is 1. The topological polar surface area (TPSA) is 64.6 Å². The monoisotopic (exact) mass is 257 g/mol. The summed E-state index contributed by atoms with van der Waals surface area (Å²) in [6.07, 6.45) is 3.52. The van der Waals surface area contributed by atoms with E-state index in [1.54, 1.807) is 39.8 Å². The Morgan fingerprint density at radius 3 is 2.33 bits per heavy atom. The molecule has 0 rings (SSSR count). The smallest absolute Gasteiger partial charge is 0.408 e. The largest absolute Gasteiger partial charge is 0.464 e. The van der Waals surface area contributed by atoms with Crippen LogP contribution in [0.25, 0.3) is 0 Å². The second-order valence-electron chi connectivity index (χ2n) is 4.71. The standard InChI is InChI=1S/C13H23NO4/c1-6-8-9-10(11(15)17-7-2)14-12(16)18-13(3,4)5/h8-10H,6-7H2,1-5H3,(H,14,16)/b9-8+/t10-/m0/s1. The molecule has 1 amide bonds. The van der Waals surface area contributed by atoms with Gasteiger partial charge in [-0.3, -0.25) is 0 Å².